The summed E-state index contributed by atoms with van der Waals surface area (Å²) < 4.78 is 23.7. The molecule has 2 aromatic rings. The standard InChI is InChI=1S/C19H26N2O5/c1-21-14(19(22)20-10-12-6-5-7-26-11-12)8-13-9-15(23-2)17(24-3)18(25-4)16(13)21/h8-9,12H,5-7,10-11H2,1-4H3,(H,20,22). The second-order valence-electron chi connectivity index (χ2n) is 6.46. The molecule has 0 saturated carbocycles. The first-order chi connectivity index (χ1) is 12.6. The number of rotatable bonds is 6. The lowest BCUT2D eigenvalue weighted by molar-refractivity contribution is 0.0535. The SMILES string of the molecule is COc1cc2cc(C(=O)NCC3CCCOC3)n(C)c2c(OC)c1OC. The lowest BCUT2D eigenvalue weighted by Gasteiger charge is -2.22. The van der Waals surface area contributed by atoms with Gasteiger partial charge in [0, 0.05) is 25.6 Å². The number of hydrogen-bond donors (Lipinski definition) is 1. The van der Waals surface area contributed by atoms with Crippen molar-refractivity contribution in [3.8, 4) is 17.2 Å². The summed E-state index contributed by atoms with van der Waals surface area (Å²) in [6, 6.07) is 3.69. The number of hydrogen-bond acceptors (Lipinski definition) is 5. The average molecular weight is 362 g/mol. The van der Waals surface area contributed by atoms with Gasteiger partial charge >= 0.3 is 0 Å². The fraction of sp³-hybridized carbons (Fsp3) is 0.526. The fourth-order valence-electron chi connectivity index (χ4n) is 3.49. The van der Waals surface area contributed by atoms with E-state index < -0.39 is 0 Å². The van der Waals surface area contributed by atoms with Gasteiger partial charge in [-0.1, -0.05) is 0 Å². The summed E-state index contributed by atoms with van der Waals surface area (Å²) in [5, 5.41) is 3.88. The van der Waals surface area contributed by atoms with Gasteiger partial charge in [-0.2, -0.15) is 0 Å². The van der Waals surface area contributed by atoms with E-state index in [0.717, 1.165) is 30.4 Å². The molecule has 0 radical (unpaired) electrons. The fourth-order valence-corrected chi connectivity index (χ4v) is 3.49. The van der Waals surface area contributed by atoms with Crippen LogP contribution in [0.2, 0.25) is 0 Å². The Kier molecular flexibility index (Phi) is 5.56. The summed E-state index contributed by atoms with van der Waals surface area (Å²) in [6.45, 7) is 2.14. The first-order valence-electron chi connectivity index (χ1n) is 8.75. The molecule has 1 aliphatic heterocycles. The van der Waals surface area contributed by atoms with Crippen LogP contribution in [-0.4, -0.2) is 51.6 Å². The highest BCUT2D eigenvalue weighted by atomic mass is 16.5. The summed E-state index contributed by atoms with van der Waals surface area (Å²) in [4.78, 5) is 12.7. The predicted molar refractivity (Wildman–Crippen MR) is 98.5 cm³/mol. The molecule has 0 aliphatic carbocycles. The monoisotopic (exact) mass is 362 g/mol. The number of aromatic nitrogens is 1. The number of fused-ring (bicyclic) bond motifs is 1. The molecule has 142 valence electrons. The largest absolute Gasteiger partial charge is 0.493 e. The lowest BCUT2D eigenvalue weighted by atomic mass is 10.0. The summed E-state index contributed by atoms with van der Waals surface area (Å²) in [7, 11) is 6.56. The Morgan fingerprint density at radius 1 is 1.23 bits per heavy atom. The Bertz CT molecular complexity index is 793. The quantitative estimate of drug-likeness (QED) is 0.854. The van der Waals surface area contributed by atoms with E-state index in [0.29, 0.717) is 42.0 Å². The summed E-state index contributed by atoms with van der Waals surface area (Å²) in [5.74, 6) is 1.87. The van der Waals surface area contributed by atoms with Gasteiger partial charge in [-0.25, -0.2) is 0 Å². The Balaban J connectivity index is 1.91. The van der Waals surface area contributed by atoms with Crippen LogP contribution in [-0.2, 0) is 11.8 Å². The number of nitrogens with zero attached hydrogens (tertiary/aromatic N) is 1. The molecule has 7 nitrogen and oxygen atoms in total. The summed E-state index contributed by atoms with van der Waals surface area (Å²) >= 11 is 0. The molecular formula is C19H26N2O5. The van der Waals surface area contributed by atoms with E-state index in [1.54, 1.807) is 21.3 Å². The number of methoxy groups -OCH3 is 3. The lowest BCUT2D eigenvalue weighted by Crippen LogP contribution is -2.34. The Morgan fingerprint density at radius 3 is 2.62 bits per heavy atom. The molecule has 0 bridgehead atoms. The minimum absolute atomic E-state index is 0.116. The van der Waals surface area contributed by atoms with Crippen molar-refractivity contribution >= 4 is 16.8 Å². The second-order valence-corrected chi connectivity index (χ2v) is 6.46. The van der Waals surface area contributed by atoms with E-state index in [1.165, 1.54) is 0 Å². The van der Waals surface area contributed by atoms with Crippen molar-refractivity contribution in [1.82, 2.24) is 9.88 Å². The molecule has 1 aliphatic rings. The molecule has 2 heterocycles. The highest BCUT2D eigenvalue weighted by Crippen LogP contribution is 2.44. The Labute approximate surface area is 153 Å². The molecule has 1 N–H and O–H groups in total. The van der Waals surface area contributed by atoms with Crippen LogP contribution in [0.4, 0.5) is 0 Å². The number of ether oxygens (including phenoxy) is 4. The topological polar surface area (TPSA) is 71.0 Å². The number of carbonyl (C=O) groups is 1. The van der Waals surface area contributed by atoms with Crippen LogP contribution in [0.3, 0.4) is 0 Å². The van der Waals surface area contributed by atoms with Crippen molar-refractivity contribution in [2.75, 3.05) is 41.1 Å². The van der Waals surface area contributed by atoms with Gasteiger partial charge in [0.05, 0.1) is 33.5 Å². The van der Waals surface area contributed by atoms with Crippen LogP contribution < -0.4 is 19.5 Å². The average Bonchev–Trinajstić information content (AvgIpc) is 3.01. The zero-order chi connectivity index (χ0) is 18.7. The molecule has 26 heavy (non-hydrogen) atoms. The van der Waals surface area contributed by atoms with E-state index in [-0.39, 0.29) is 5.91 Å². The molecule has 1 atom stereocenters. The highest BCUT2D eigenvalue weighted by molar-refractivity contribution is 6.01. The van der Waals surface area contributed by atoms with Gasteiger partial charge < -0.3 is 28.8 Å². The molecular weight excluding hydrogens is 336 g/mol. The Morgan fingerprint density at radius 2 is 2.00 bits per heavy atom. The predicted octanol–water partition coefficient (Wildman–Crippen LogP) is 2.36. The van der Waals surface area contributed by atoms with E-state index in [4.69, 9.17) is 18.9 Å². The molecule has 1 fully saturated rings. The van der Waals surface area contributed by atoms with Gasteiger partial charge in [0.1, 0.15) is 5.69 Å². The van der Waals surface area contributed by atoms with Crippen LogP contribution in [0.15, 0.2) is 12.1 Å². The number of carbonyl (C=O) groups excluding carboxylic acids is 1. The minimum atomic E-state index is -0.116. The number of amides is 1. The van der Waals surface area contributed by atoms with Gasteiger partial charge in [-0.15, -0.1) is 0 Å². The maximum Gasteiger partial charge on any atom is 0.267 e. The summed E-state index contributed by atoms with van der Waals surface area (Å²) in [6.07, 6.45) is 2.13. The molecule has 0 spiro atoms. The third kappa shape index (κ3) is 3.31. The van der Waals surface area contributed by atoms with E-state index >= 15 is 0 Å². The van der Waals surface area contributed by atoms with Crippen molar-refractivity contribution in [3.63, 3.8) is 0 Å². The third-order valence-electron chi connectivity index (χ3n) is 4.86. The summed E-state index contributed by atoms with van der Waals surface area (Å²) in [5.41, 5.74) is 1.35. The van der Waals surface area contributed by atoms with Crippen LogP contribution in [0.1, 0.15) is 23.3 Å². The van der Waals surface area contributed by atoms with Crippen LogP contribution in [0.25, 0.3) is 10.9 Å². The van der Waals surface area contributed by atoms with Gasteiger partial charge in [0.2, 0.25) is 5.75 Å². The molecule has 7 heteroatoms. The zero-order valence-electron chi connectivity index (χ0n) is 15.8. The van der Waals surface area contributed by atoms with Crippen molar-refractivity contribution in [3.05, 3.63) is 17.8 Å². The van der Waals surface area contributed by atoms with Crippen LogP contribution in [0.5, 0.6) is 17.2 Å². The van der Waals surface area contributed by atoms with E-state index in [2.05, 4.69) is 5.32 Å². The minimum Gasteiger partial charge on any atom is -0.493 e. The molecule has 1 unspecified atom stereocenters. The Hall–Kier alpha value is -2.41. The van der Waals surface area contributed by atoms with Gasteiger partial charge in [-0.3, -0.25) is 4.79 Å². The van der Waals surface area contributed by atoms with Crippen molar-refractivity contribution in [2.24, 2.45) is 13.0 Å². The smallest absolute Gasteiger partial charge is 0.267 e. The van der Waals surface area contributed by atoms with Crippen molar-refractivity contribution in [2.45, 2.75) is 12.8 Å². The molecule has 1 aromatic carbocycles. The molecule has 1 aromatic heterocycles. The highest BCUT2D eigenvalue weighted by Gasteiger charge is 2.23. The number of nitrogens with one attached hydrogen (secondary N) is 1. The first-order valence-corrected chi connectivity index (χ1v) is 8.75. The molecule has 1 amide bonds. The molecule has 1 saturated heterocycles. The first kappa shape index (κ1) is 18.4. The normalized spacial score (nSPS) is 17.2. The van der Waals surface area contributed by atoms with E-state index in [1.807, 2.05) is 23.7 Å². The van der Waals surface area contributed by atoms with Gasteiger partial charge in [-0.05, 0) is 30.9 Å². The van der Waals surface area contributed by atoms with Crippen LogP contribution >= 0.6 is 0 Å². The molecule has 3 rings (SSSR count). The maximum absolute atomic E-state index is 12.7. The third-order valence-corrected chi connectivity index (χ3v) is 4.86. The van der Waals surface area contributed by atoms with Gasteiger partial charge in [0.25, 0.3) is 5.91 Å². The van der Waals surface area contributed by atoms with Crippen molar-refractivity contribution in [1.29, 1.82) is 0 Å². The maximum atomic E-state index is 12.7. The number of aryl methyl sites for hydroxylation is 1. The van der Waals surface area contributed by atoms with Crippen molar-refractivity contribution < 1.29 is 23.7 Å². The van der Waals surface area contributed by atoms with Crippen LogP contribution in [0, 0.1) is 5.92 Å². The van der Waals surface area contributed by atoms with E-state index in [9.17, 15) is 4.79 Å². The zero-order valence-corrected chi connectivity index (χ0v) is 15.8. The number of benzene rings is 1. The second kappa shape index (κ2) is 7.86. The van der Waals surface area contributed by atoms with Gasteiger partial charge in [0.15, 0.2) is 11.5 Å².